The lowest BCUT2D eigenvalue weighted by Gasteiger charge is -2.13. The third-order valence-corrected chi connectivity index (χ3v) is 9.54. The predicted octanol–water partition coefficient (Wildman–Crippen LogP) is 7.51. The Balaban J connectivity index is 1.19. The minimum atomic E-state index is -0.302. The van der Waals surface area contributed by atoms with Crippen LogP contribution in [0.4, 0.5) is 10.1 Å². The maximum atomic E-state index is 14.7. The molecule has 1 aliphatic heterocycles. The van der Waals surface area contributed by atoms with Gasteiger partial charge in [0.25, 0.3) is 0 Å². The molecule has 3 N–H and O–H groups in total. The summed E-state index contributed by atoms with van der Waals surface area (Å²) in [6.45, 7) is 2.08. The van der Waals surface area contributed by atoms with Gasteiger partial charge in [-0.05, 0) is 65.7 Å². The lowest BCUT2D eigenvalue weighted by Crippen LogP contribution is -2.20. The van der Waals surface area contributed by atoms with Crippen molar-refractivity contribution in [3.05, 3.63) is 112 Å². The molecule has 10 heteroatoms. The van der Waals surface area contributed by atoms with Crippen molar-refractivity contribution >= 4 is 57.8 Å². The lowest BCUT2D eigenvalue weighted by molar-refractivity contribution is 0.220. The lowest BCUT2D eigenvalue weighted by atomic mass is 10.0. The summed E-state index contributed by atoms with van der Waals surface area (Å²) in [4.78, 5) is 14.8. The molecule has 0 radical (unpaired) electrons. The first-order valence-corrected chi connectivity index (χ1v) is 17.0. The van der Waals surface area contributed by atoms with Gasteiger partial charge in [0.1, 0.15) is 23.9 Å². The van der Waals surface area contributed by atoms with Crippen LogP contribution in [-0.4, -0.2) is 61.2 Å². The monoisotopic (exact) mass is 711 g/mol. The van der Waals surface area contributed by atoms with Gasteiger partial charge in [-0.3, -0.25) is 15.1 Å². The second-order valence-corrected chi connectivity index (χ2v) is 13.1. The SMILES string of the molecule is CN(C)CCNc1cc(F)cc(-c2cncc3[nH]c(-c4n[nH]c5cnc(C6=CI=CC(OCc7ccccc7)=C6)cc45)cc23)c1. The summed E-state index contributed by atoms with van der Waals surface area (Å²) >= 11 is -0.302. The zero-order valence-electron chi connectivity index (χ0n) is 24.8. The van der Waals surface area contributed by atoms with E-state index in [0.717, 1.165) is 79.1 Å². The summed E-state index contributed by atoms with van der Waals surface area (Å²) < 4.78 is 25.3. The van der Waals surface area contributed by atoms with Crippen LogP contribution in [-0.2, 0) is 11.3 Å². The minimum absolute atomic E-state index is 0.300. The predicted molar refractivity (Wildman–Crippen MR) is 189 cm³/mol. The summed E-state index contributed by atoms with van der Waals surface area (Å²) in [7, 11) is 4.02. The van der Waals surface area contributed by atoms with Gasteiger partial charge in [0.15, 0.2) is 0 Å². The molecule has 0 saturated carbocycles. The number of rotatable bonds is 10. The number of likely N-dealkylation sites (N-methyl/N-ethyl adjacent to an activating group) is 1. The first kappa shape index (κ1) is 29.1. The molecule has 0 amide bonds. The number of aromatic amines is 2. The molecule has 7 rings (SSSR count). The first-order valence-electron chi connectivity index (χ1n) is 14.5. The number of hydrogen-bond donors (Lipinski definition) is 3. The molecule has 0 spiro atoms. The Hall–Kier alpha value is -4.68. The van der Waals surface area contributed by atoms with Crippen LogP contribution in [0.25, 0.3) is 49.9 Å². The van der Waals surface area contributed by atoms with Crippen LogP contribution in [0, 0.1) is 5.82 Å². The molecule has 8 nitrogen and oxygen atoms in total. The molecule has 6 aromatic rings. The average Bonchev–Trinajstić information content (AvgIpc) is 3.68. The number of halogens is 2. The van der Waals surface area contributed by atoms with Crippen molar-refractivity contribution in [3.63, 3.8) is 0 Å². The van der Waals surface area contributed by atoms with Gasteiger partial charge in [0.05, 0.1) is 34.8 Å². The van der Waals surface area contributed by atoms with Crippen LogP contribution in [0.2, 0.25) is 0 Å². The molecule has 0 fully saturated rings. The first-order chi connectivity index (χ1) is 22.0. The van der Waals surface area contributed by atoms with Gasteiger partial charge >= 0.3 is 0 Å². The van der Waals surface area contributed by atoms with Gasteiger partial charge in [0.2, 0.25) is 0 Å². The number of H-pyrrole nitrogens is 2. The minimum Gasteiger partial charge on any atom is -0.488 e. The zero-order chi connectivity index (χ0) is 30.8. The molecule has 4 aromatic heterocycles. The van der Waals surface area contributed by atoms with E-state index >= 15 is 0 Å². The third-order valence-electron chi connectivity index (χ3n) is 7.54. The van der Waals surface area contributed by atoms with Gasteiger partial charge in [-0.25, -0.2) is 4.39 Å². The zero-order valence-corrected chi connectivity index (χ0v) is 27.0. The van der Waals surface area contributed by atoms with E-state index in [4.69, 9.17) is 9.72 Å². The number of aromatic nitrogens is 5. The summed E-state index contributed by atoms with van der Waals surface area (Å²) in [6, 6.07) is 19.3. The Morgan fingerprint density at radius 2 is 1.87 bits per heavy atom. The Bertz CT molecular complexity index is 2100. The maximum Gasteiger partial charge on any atom is 0.126 e. The number of benzene rings is 2. The number of nitrogens with one attached hydrogen (secondary N) is 3. The quantitative estimate of drug-likeness (QED) is 0.128. The molecule has 5 heterocycles. The molecular formula is C35H31FIN7O. The highest BCUT2D eigenvalue weighted by Crippen LogP contribution is 2.35. The van der Waals surface area contributed by atoms with E-state index < -0.39 is 0 Å². The van der Waals surface area contributed by atoms with Gasteiger partial charge in [-0.2, -0.15) is 5.10 Å². The fourth-order valence-corrected chi connectivity index (χ4v) is 7.06. The highest BCUT2D eigenvalue weighted by atomic mass is 127. The van der Waals surface area contributed by atoms with Crippen LogP contribution in [0.3, 0.4) is 0 Å². The Labute approximate surface area is 269 Å². The largest absolute Gasteiger partial charge is 0.488 e. The second-order valence-electron chi connectivity index (χ2n) is 11.1. The maximum absolute atomic E-state index is 14.7. The van der Waals surface area contributed by atoms with Crippen LogP contribution >= 0.6 is 20.7 Å². The molecular weight excluding hydrogens is 680 g/mol. The van der Waals surface area contributed by atoms with E-state index in [1.165, 1.54) is 6.07 Å². The molecule has 1 aliphatic rings. The van der Waals surface area contributed by atoms with Gasteiger partial charge < -0.3 is 19.9 Å². The molecule has 226 valence electrons. The van der Waals surface area contributed by atoms with Crippen molar-refractivity contribution in [3.8, 4) is 22.5 Å². The van der Waals surface area contributed by atoms with Crippen LogP contribution in [0.1, 0.15) is 11.3 Å². The number of allylic oxidation sites excluding steroid dienone is 3. The molecule has 0 saturated heterocycles. The summed E-state index contributed by atoms with van der Waals surface area (Å²) in [5.74, 6) is 0.577. The number of nitrogens with zero attached hydrogens (tertiary/aromatic N) is 4. The molecule has 0 atom stereocenters. The van der Waals surface area contributed by atoms with Crippen molar-refractivity contribution in [1.29, 1.82) is 0 Å². The van der Waals surface area contributed by atoms with Crippen molar-refractivity contribution in [2.75, 3.05) is 32.5 Å². The number of fused-ring (bicyclic) bond motifs is 2. The van der Waals surface area contributed by atoms with Crippen molar-refractivity contribution in [1.82, 2.24) is 30.0 Å². The molecule has 2 aromatic carbocycles. The molecule has 0 unspecified atom stereocenters. The van der Waals surface area contributed by atoms with E-state index in [0.29, 0.717) is 13.2 Å². The molecule has 45 heavy (non-hydrogen) atoms. The summed E-state index contributed by atoms with van der Waals surface area (Å²) in [6.07, 6.45) is 7.45. The van der Waals surface area contributed by atoms with E-state index in [-0.39, 0.29) is 26.5 Å². The van der Waals surface area contributed by atoms with Gasteiger partial charge in [-0.15, -0.1) is 0 Å². The number of anilines is 1. The number of hydrogen-bond acceptors (Lipinski definition) is 6. The van der Waals surface area contributed by atoms with Crippen LogP contribution in [0.5, 0.6) is 0 Å². The number of ether oxygens (including phenoxy) is 1. The van der Waals surface area contributed by atoms with E-state index in [1.807, 2.05) is 44.6 Å². The van der Waals surface area contributed by atoms with E-state index in [9.17, 15) is 4.39 Å². The summed E-state index contributed by atoms with van der Waals surface area (Å²) in [5, 5.41) is 13.0. The standard InChI is InChI=1S/C35H31FIN7O/c1-44(2)9-8-39-26-11-23(10-25(36)13-26)30-18-38-19-33-28(30)14-32(41-33)35-29-15-31(40-20-34(29)42-43-35)24-12-27(17-37-16-24)45-21-22-6-4-3-5-7-22/h3-7,10-20,39,41H,8-9,21H2,1-2H3,(H,42,43). The fourth-order valence-electron chi connectivity index (χ4n) is 5.28. The summed E-state index contributed by atoms with van der Waals surface area (Å²) in [5.41, 5.74) is 8.68. The van der Waals surface area contributed by atoms with Crippen molar-refractivity contribution < 1.29 is 9.13 Å². The highest BCUT2D eigenvalue weighted by molar-refractivity contribution is 14.2. The molecule has 0 aliphatic carbocycles. The average molecular weight is 712 g/mol. The van der Waals surface area contributed by atoms with Crippen molar-refractivity contribution in [2.45, 2.75) is 6.61 Å². The fraction of sp³-hybridized carbons (Fsp3) is 0.143. The van der Waals surface area contributed by atoms with Crippen LogP contribution in [0.15, 0.2) is 95.2 Å². The van der Waals surface area contributed by atoms with E-state index in [2.05, 4.69) is 68.8 Å². The Morgan fingerprint density at radius 3 is 2.73 bits per heavy atom. The van der Waals surface area contributed by atoms with Crippen molar-refractivity contribution in [2.24, 2.45) is 0 Å². The normalized spacial score (nSPS) is 13.2. The van der Waals surface area contributed by atoms with Crippen LogP contribution < -0.4 is 5.32 Å². The van der Waals surface area contributed by atoms with E-state index in [1.54, 1.807) is 18.5 Å². The highest BCUT2D eigenvalue weighted by Gasteiger charge is 2.17. The van der Waals surface area contributed by atoms with Gasteiger partial charge in [-0.1, -0.05) is 51.1 Å². The third kappa shape index (κ3) is 6.43. The topological polar surface area (TPSA) is 94.8 Å². The Kier molecular flexibility index (Phi) is 8.23. The van der Waals surface area contributed by atoms with Gasteiger partial charge in [0, 0.05) is 50.9 Å². The smallest absolute Gasteiger partial charge is 0.126 e. The molecule has 0 bridgehead atoms. The second kappa shape index (κ2) is 12.7. The number of pyridine rings is 2. The Morgan fingerprint density at radius 1 is 0.978 bits per heavy atom.